The fraction of sp³-hybridized carbons (Fsp3) is 1.00. The molecule has 1 fully saturated rings. The molecule has 90 valence electrons. The first-order chi connectivity index (χ1) is 7.16. The van der Waals surface area contributed by atoms with E-state index in [-0.39, 0.29) is 11.5 Å². The van der Waals surface area contributed by atoms with Crippen molar-refractivity contribution in [3.8, 4) is 0 Å². The molecule has 1 aliphatic carbocycles. The molecule has 1 rings (SSSR count). The predicted octanol–water partition coefficient (Wildman–Crippen LogP) is 2.69. The van der Waals surface area contributed by atoms with E-state index in [1.807, 2.05) is 0 Å². The second-order valence-corrected chi connectivity index (χ2v) is 5.34. The van der Waals surface area contributed by atoms with E-state index in [0.29, 0.717) is 12.5 Å². The van der Waals surface area contributed by atoms with Gasteiger partial charge in [-0.1, -0.05) is 39.5 Å². The molecule has 0 saturated heterocycles. The van der Waals surface area contributed by atoms with Gasteiger partial charge >= 0.3 is 0 Å². The minimum atomic E-state index is -0.192. The highest BCUT2D eigenvalue weighted by Gasteiger charge is 2.39. The number of rotatable bonds is 5. The molecule has 0 aromatic rings. The normalized spacial score (nSPS) is 24.8. The second kappa shape index (κ2) is 5.86. The third-order valence-corrected chi connectivity index (χ3v) is 4.17. The van der Waals surface area contributed by atoms with E-state index in [1.54, 1.807) is 0 Å². The van der Waals surface area contributed by atoms with Crippen LogP contribution in [0, 0.1) is 11.3 Å². The van der Waals surface area contributed by atoms with Crippen LogP contribution in [0.15, 0.2) is 0 Å². The number of hydrogen-bond acceptors (Lipinski definition) is 2. The largest absolute Gasteiger partial charge is 0.392 e. The molecule has 3 N–H and O–H groups in total. The molecule has 0 aromatic carbocycles. The molecule has 0 amide bonds. The molecule has 0 spiro atoms. The summed E-state index contributed by atoms with van der Waals surface area (Å²) in [5.41, 5.74) is 5.95. The summed E-state index contributed by atoms with van der Waals surface area (Å²) in [6, 6.07) is 0. The summed E-state index contributed by atoms with van der Waals surface area (Å²) >= 11 is 0. The standard InChI is InChI=1S/C13H27NO/c1-3-7-11(2)12(15)13(10-14)8-5-4-6-9-13/h11-12,15H,3-10,14H2,1-2H3. The van der Waals surface area contributed by atoms with Crippen LogP contribution in [0.25, 0.3) is 0 Å². The summed E-state index contributed by atoms with van der Waals surface area (Å²) in [5, 5.41) is 10.4. The average Bonchev–Trinajstić information content (AvgIpc) is 2.29. The Kier molecular flexibility index (Phi) is 5.07. The van der Waals surface area contributed by atoms with Crippen molar-refractivity contribution in [1.29, 1.82) is 0 Å². The lowest BCUT2D eigenvalue weighted by atomic mass is 9.66. The van der Waals surface area contributed by atoms with Gasteiger partial charge in [-0.15, -0.1) is 0 Å². The lowest BCUT2D eigenvalue weighted by Gasteiger charge is -2.42. The SMILES string of the molecule is CCCC(C)C(O)C1(CN)CCCCC1. The minimum Gasteiger partial charge on any atom is -0.392 e. The van der Waals surface area contributed by atoms with Crippen LogP contribution in [0.4, 0.5) is 0 Å². The number of hydrogen-bond donors (Lipinski definition) is 2. The zero-order chi connectivity index (χ0) is 11.3. The van der Waals surface area contributed by atoms with Crippen LogP contribution in [-0.4, -0.2) is 17.8 Å². The molecule has 2 atom stereocenters. The summed E-state index contributed by atoms with van der Waals surface area (Å²) < 4.78 is 0. The molecular formula is C13H27NO. The second-order valence-electron chi connectivity index (χ2n) is 5.34. The Balaban J connectivity index is 2.62. The van der Waals surface area contributed by atoms with Crippen molar-refractivity contribution in [1.82, 2.24) is 0 Å². The number of aliphatic hydroxyl groups is 1. The highest BCUT2D eigenvalue weighted by atomic mass is 16.3. The van der Waals surface area contributed by atoms with Gasteiger partial charge in [-0.3, -0.25) is 0 Å². The summed E-state index contributed by atoms with van der Waals surface area (Å²) in [4.78, 5) is 0. The monoisotopic (exact) mass is 213 g/mol. The van der Waals surface area contributed by atoms with Gasteiger partial charge in [0.25, 0.3) is 0 Å². The van der Waals surface area contributed by atoms with Gasteiger partial charge in [-0.2, -0.15) is 0 Å². The van der Waals surface area contributed by atoms with E-state index in [0.717, 1.165) is 25.7 Å². The maximum absolute atomic E-state index is 10.4. The van der Waals surface area contributed by atoms with E-state index in [4.69, 9.17) is 5.73 Å². The molecule has 2 nitrogen and oxygen atoms in total. The third-order valence-electron chi connectivity index (χ3n) is 4.17. The Morgan fingerprint density at radius 3 is 2.33 bits per heavy atom. The molecular weight excluding hydrogens is 186 g/mol. The van der Waals surface area contributed by atoms with Gasteiger partial charge in [-0.05, 0) is 25.2 Å². The molecule has 1 aliphatic rings. The highest BCUT2D eigenvalue weighted by Crippen LogP contribution is 2.41. The lowest BCUT2D eigenvalue weighted by molar-refractivity contribution is -0.0342. The van der Waals surface area contributed by atoms with Crippen LogP contribution in [0.1, 0.15) is 58.8 Å². The van der Waals surface area contributed by atoms with Crippen molar-refractivity contribution in [2.24, 2.45) is 17.1 Å². The number of nitrogens with two attached hydrogens (primary N) is 1. The Labute approximate surface area is 94.2 Å². The Morgan fingerprint density at radius 2 is 1.87 bits per heavy atom. The fourth-order valence-corrected chi connectivity index (χ4v) is 3.09. The molecule has 0 aliphatic heterocycles. The maximum Gasteiger partial charge on any atom is 0.0633 e. The Hall–Kier alpha value is -0.0800. The topological polar surface area (TPSA) is 46.2 Å². The first kappa shape index (κ1) is 13.0. The Morgan fingerprint density at radius 1 is 1.27 bits per heavy atom. The fourth-order valence-electron chi connectivity index (χ4n) is 3.09. The van der Waals surface area contributed by atoms with E-state index in [2.05, 4.69) is 13.8 Å². The van der Waals surface area contributed by atoms with Crippen LogP contribution in [0.5, 0.6) is 0 Å². The minimum absolute atomic E-state index is 0.0346. The summed E-state index contributed by atoms with van der Waals surface area (Å²) in [5.74, 6) is 0.400. The van der Waals surface area contributed by atoms with Gasteiger partial charge in [0.15, 0.2) is 0 Å². The van der Waals surface area contributed by atoms with E-state index >= 15 is 0 Å². The van der Waals surface area contributed by atoms with Crippen molar-refractivity contribution >= 4 is 0 Å². The molecule has 0 aromatic heterocycles. The van der Waals surface area contributed by atoms with Crippen LogP contribution in [0.2, 0.25) is 0 Å². The van der Waals surface area contributed by atoms with Gasteiger partial charge in [0.2, 0.25) is 0 Å². The smallest absolute Gasteiger partial charge is 0.0633 e. The average molecular weight is 213 g/mol. The van der Waals surface area contributed by atoms with Gasteiger partial charge in [0.05, 0.1) is 6.10 Å². The third kappa shape index (κ3) is 2.94. The quantitative estimate of drug-likeness (QED) is 0.737. The van der Waals surface area contributed by atoms with Crippen molar-refractivity contribution < 1.29 is 5.11 Å². The maximum atomic E-state index is 10.4. The van der Waals surface area contributed by atoms with E-state index in [1.165, 1.54) is 19.3 Å². The van der Waals surface area contributed by atoms with Gasteiger partial charge in [-0.25, -0.2) is 0 Å². The van der Waals surface area contributed by atoms with Gasteiger partial charge in [0, 0.05) is 12.0 Å². The molecule has 0 radical (unpaired) electrons. The van der Waals surface area contributed by atoms with Crippen LogP contribution in [0.3, 0.4) is 0 Å². The van der Waals surface area contributed by atoms with E-state index in [9.17, 15) is 5.11 Å². The van der Waals surface area contributed by atoms with Gasteiger partial charge < -0.3 is 10.8 Å². The predicted molar refractivity (Wildman–Crippen MR) is 64.7 cm³/mol. The molecule has 0 bridgehead atoms. The molecule has 0 heterocycles. The summed E-state index contributed by atoms with van der Waals surface area (Å²) in [6.07, 6.45) is 8.12. The number of aliphatic hydroxyl groups excluding tert-OH is 1. The van der Waals surface area contributed by atoms with Crippen molar-refractivity contribution in [2.75, 3.05) is 6.54 Å². The Bertz CT molecular complexity index is 175. The van der Waals surface area contributed by atoms with Crippen molar-refractivity contribution in [3.63, 3.8) is 0 Å². The van der Waals surface area contributed by atoms with Crippen molar-refractivity contribution in [3.05, 3.63) is 0 Å². The van der Waals surface area contributed by atoms with E-state index < -0.39 is 0 Å². The molecule has 2 heteroatoms. The highest BCUT2D eigenvalue weighted by molar-refractivity contribution is 4.92. The summed E-state index contributed by atoms with van der Waals surface area (Å²) in [7, 11) is 0. The molecule has 15 heavy (non-hydrogen) atoms. The summed E-state index contributed by atoms with van der Waals surface area (Å²) in [6.45, 7) is 5.00. The first-order valence-corrected chi connectivity index (χ1v) is 6.54. The van der Waals surface area contributed by atoms with Crippen molar-refractivity contribution in [2.45, 2.75) is 64.9 Å². The zero-order valence-electron chi connectivity index (χ0n) is 10.3. The zero-order valence-corrected chi connectivity index (χ0v) is 10.3. The molecule has 2 unspecified atom stereocenters. The van der Waals surface area contributed by atoms with Gasteiger partial charge in [0.1, 0.15) is 0 Å². The molecule has 1 saturated carbocycles. The van der Waals surface area contributed by atoms with Crippen LogP contribution >= 0.6 is 0 Å². The first-order valence-electron chi connectivity index (χ1n) is 6.54. The van der Waals surface area contributed by atoms with Crippen LogP contribution in [-0.2, 0) is 0 Å². The van der Waals surface area contributed by atoms with Crippen LogP contribution < -0.4 is 5.73 Å². The lowest BCUT2D eigenvalue weighted by Crippen LogP contribution is -2.46.